The molecule has 1 aromatic heterocycles. The number of aryl methyl sites for hydroxylation is 1. The highest BCUT2D eigenvalue weighted by Gasteiger charge is 2.14. The third kappa shape index (κ3) is 4.37. The first-order valence-electron chi connectivity index (χ1n) is 7.93. The van der Waals surface area contributed by atoms with Gasteiger partial charge in [-0.15, -0.1) is 11.6 Å². The summed E-state index contributed by atoms with van der Waals surface area (Å²) in [5, 5.41) is 0.664. The van der Waals surface area contributed by atoms with Crippen LogP contribution in [0, 0.1) is 0 Å². The third-order valence-corrected chi connectivity index (χ3v) is 4.26. The SMILES string of the molecule is CCCCCCCCn1c(C(C)Cl)nc2ccc(Cl)cc21. The number of benzene rings is 1. The molecule has 0 aliphatic rings. The summed E-state index contributed by atoms with van der Waals surface area (Å²) in [7, 11) is 0. The van der Waals surface area contributed by atoms with E-state index in [1.54, 1.807) is 0 Å². The number of rotatable bonds is 8. The van der Waals surface area contributed by atoms with Crippen molar-refractivity contribution in [3.63, 3.8) is 0 Å². The summed E-state index contributed by atoms with van der Waals surface area (Å²) in [4.78, 5) is 4.65. The van der Waals surface area contributed by atoms with Crippen molar-refractivity contribution >= 4 is 34.2 Å². The van der Waals surface area contributed by atoms with Crippen molar-refractivity contribution in [3.05, 3.63) is 29.0 Å². The van der Waals surface area contributed by atoms with E-state index in [0.29, 0.717) is 0 Å². The molecular weight excluding hydrogens is 303 g/mol. The van der Waals surface area contributed by atoms with Gasteiger partial charge in [0.05, 0.1) is 16.4 Å². The van der Waals surface area contributed by atoms with E-state index in [9.17, 15) is 0 Å². The summed E-state index contributed by atoms with van der Waals surface area (Å²) < 4.78 is 2.23. The molecule has 0 aliphatic carbocycles. The van der Waals surface area contributed by atoms with Gasteiger partial charge in [-0.2, -0.15) is 0 Å². The summed E-state index contributed by atoms with van der Waals surface area (Å²) in [6.07, 6.45) is 7.71. The zero-order chi connectivity index (χ0) is 15.2. The molecule has 0 saturated carbocycles. The van der Waals surface area contributed by atoms with E-state index in [1.807, 2.05) is 25.1 Å². The summed E-state index contributed by atoms with van der Waals surface area (Å²) in [5.74, 6) is 0.947. The van der Waals surface area contributed by atoms with E-state index in [1.165, 1.54) is 32.1 Å². The molecule has 0 bridgehead atoms. The molecule has 2 rings (SSSR count). The predicted octanol–water partition coefficient (Wildman–Crippen LogP) is 6.35. The molecule has 0 aliphatic heterocycles. The van der Waals surface area contributed by atoms with Gasteiger partial charge in [-0.05, 0) is 31.5 Å². The molecule has 1 aromatic carbocycles. The smallest absolute Gasteiger partial charge is 0.127 e. The van der Waals surface area contributed by atoms with Gasteiger partial charge in [-0.3, -0.25) is 0 Å². The lowest BCUT2D eigenvalue weighted by molar-refractivity contribution is 0.553. The van der Waals surface area contributed by atoms with Crippen LogP contribution < -0.4 is 0 Å². The molecular formula is C17H24Cl2N2. The number of hydrogen-bond donors (Lipinski definition) is 0. The largest absolute Gasteiger partial charge is 0.327 e. The van der Waals surface area contributed by atoms with E-state index < -0.39 is 0 Å². The van der Waals surface area contributed by atoms with Crippen molar-refractivity contribution in [2.45, 2.75) is 64.3 Å². The second kappa shape index (κ2) is 8.05. The number of fused-ring (bicyclic) bond motifs is 1. The number of nitrogens with zero attached hydrogens (tertiary/aromatic N) is 2. The second-order valence-electron chi connectivity index (χ2n) is 5.64. The number of unbranched alkanes of at least 4 members (excludes halogenated alkanes) is 5. The quantitative estimate of drug-likeness (QED) is 0.408. The lowest BCUT2D eigenvalue weighted by Crippen LogP contribution is -2.04. The van der Waals surface area contributed by atoms with Gasteiger partial charge in [-0.25, -0.2) is 4.98 Å². The fraction of sp³-hybridized carbons (Fsp3) is 0.588. The van der Waals surface area contributed by atoms with E-state index in [0.717, 1.165) is 34.8 Å². The highest BCUT2D eigenvalue weighted by molar-refractivity contribution is 6.31. The Bertz CT molecular complexity index is 575. The minimum absolute atomic E-state index is 0.0868. The number of halogens is 2. The maximum Gasteiger partial charge on any atom is 0.127 e. The van der Waals surface area contributed by atoms with Crippen LogP contribution >= 0.6 is 23.2 Å². The maximum atomic E-state index is 6.28. The number of alkyl halides is 1. The van der Waals surface area contributed by atoms with Gasteiger partial charge < -0.3 is 4.57 Å². The van der Waals surface area contributed by atoms with Crippen molar-refractivity contribution in [2.75, 3.05) is 0 Å². The minimum atomic E-state index is -0.0868. The average Bonchev–Trinajstić information content (AvgIpc) is 2.81. The first-order chi connectivity index (χ1) is 10.1. The molecule has 1 unspecified atom stereocenters. The highest BCUT2D eigenvalue weighted by Crippen LogP contribution is 2.27. The van der Waals surface area contributed by atoms with Gasteiger partial charge in [0, 0.05) is 11.6 Å². The van der Waals surface area contributed by atoms with Crippen LogP contribution in [0.25, 0.3) is 11.0 Å². The fourth-order valence-corrected chi connectivity index (χ4v) is 3.04. The van der Waals surface area contributed by atoms with Crippen LogP contribution in [0.15, 0.2) is 18.2 Å². The Morgan fingerprint density at radius 1 is 1.14 bits per heavy atom. The molecule has 0 radical (unpaired) electrons. The Morgan fingerprint density at radius 3 is 2.57 bits per heavy atom. The minimum Gasteiger partial charge on any atom is -0.327 e. The van der Waals surface area contributed by atoms with Gasteiger partial charge >= 0.3 is 0 Å². The Labute approximate surface area is 137 Å². The number of hydrogen-bond acceptors (Lipinski definition) is 1. The lowest BCUT2D eigenvalue weighted by Gasteiger charge is -2.10. The van der Waals surface area contributed by atoms with Crippen molar-refractivity contribution < 1.29 is 0 Å². The zero-order valence-electron chi connectivity index (χ0n) is 12.9. The van der Waals surface area contributed by atoms with Gasteiger partial charge in [0.15, 0.2) is 0 Å². The molecule has 0 amide bonds. The molecule has 116 valence electrons. The predicted molar refractivity (Wildman–Crippen MR) is 92.4 cm³/mol. The number of imidazole rings is 1. The van der Waals surface area contributed by atoms with Crippen LogP contribution in [0.1, 0.15) is 63.6 Å². The molecule has 0 saturated heterocycles. The normalized spacial score (nSPS) is 13.0. The fourth-order valence-electron chi connectivity index (χ4n) is 2.70. The van der Waals surface area contributed by atoms with E-state index in [2.05, 4.69) is 16.5 Å². The van der Waals surface area contributed by atoms with Crippen molar-refractivity contribution in [1.82, 2.24) is 9.55 Å². The van der Waals surface area contributed by atoms with E-state index >= 15 is 0 Å². The average molecular weight is 327 g/mol. The van der Waals surface area contributed by atoms with Crippen LogP contribution in [-0.2, 0) is 6.54 Å². The summed E-state index contributed by atoms with van der Waals surface area (Å²) in [6, 6.07) is 5.84. The van der Waals surface area contributed by atoms with Crippen LogP contribution in [0.5, 0.6) is 0 Å². The Balaban J connectivity index is 2.09. The standard InChI is InChI=1S/C17H24Cl2N2/c1-3-4-5-6-7-8-11-21-16-12-14(19)9-10-15(16)20-17(21)13(2)18/h9-10,12-13H,3-8,11H2,1-2H3. The van der Waals surface area contributed by atoms with Gasteiger partial charge in [0.1, 0.15) is 5.82 Å². The molecule has 4 heteroatoms. The molecule has 0 spiro atoms. The Hall–Kier alpha value is -0.730. The first kappa shape index (κ1) is 16.6. The monoisotopic (exact) mass is 326 g/mol. The molecule has 2 aromatic rings. The van der Waals surface area contributed by atoms with Crippen LogP contribution in [-0.4, -0.2) is 9.55 Å². The zero-order valence-corrected chi connectivity index (χ0v) is 14.4. The summed E-state index contributed by atoms with van der Waals surface area (Å²) >= 11 is 12.4. The topological polar surface area (TPSA) is 17.8 Å². The lowest BCUT2D eigenvalue weighted by atomic mass is 10.1. The van der Waals surface area contributed by atoms with Crippen LogP contribution in [0.2, 0.25) is 5.02 Å². The maximum absolute atomic E-state index is 6.28. The summed E-state index contributed by atoms with van der Waals surface area (Å²) in [6.45, 7) is 5.19. The van der Waals surface area contributed by atoms with Crippen molar-refractivity contribution in [2.24, 2.45) is 0 Å². The van der Waals surface area contributed by atoms with Gasteiger partial charge in [0.25, 0.3) is 0 Å². The Kier molecular flexibility index (Phi) is 6.38. The van der Waals surface area contributed by atoms with Crippen LogP contribution in [0.4, 0.5) is 0 Å². The molecule has 1 heterocycles. The van der Waals surface area contributed by atoms with Crippen molar-refractivity contribution in [3.8, 4) is 0 Å². The molecule has 0 N–H and O–H groups in total. The second-order valence-corrected chi connectivity index (χ2v) is 6.73. The van der Waals surface area contributed by atoms with Crippen molar-refractivity contribution in [1.29, 1.82) is 0 Å². The Morgan fingerprint density at radius 2 is 1.86 bits per heavy atom. The van der Waals surface area contributed by atoms with Gasteiger partial charge in [-0.1, -0.05) is 50.6 Å². The molecule has 21 heavy (non-hydrogen) atoms. The molecule has 2 nitrogen and oxygen atoms in total. The van der Waals surface area contributed by atoms with Crippen LogP contribution in [0.3, 0.4) is 0 Å². The number of aromatic nitrogens is 2. The highest BCUT2D eigenvalue weighted by atomic mass is 35.5. The summed E-state index contributed by atoms with van der Waals surface area (Å²) in [5.41, 5.74) is 2.08. The third-order valence-electron chi connectivity index (χ3n) is 3.83. The molecule has 1 atom stereocenters. The van der Waals surface area contributed by atoms with E-state index in [4.69, 9.17) is 23.2 Å². The molecule has 0 fully saturated rings. The van der Waals surface area contributed by atoms with Gasteiger partial charge in [0.2, 0.25) is 0 Å². The first-order valence-corrected chi connectivity index (χ1v) is 8.74. The van der Waals surface area contributed by atoms with E-state index in [-0.39, 0.29) is 5.38 Å².